The van der Waals surface area contributed by atoms with Gasteiger partial charge in [-0.1, -0.05) is 201 Å². The molecule has 6 heteroatoms. The maximum atomic E-state index is 12.8. The minimum atomic E-state index is -0.808. The van der Waals surface area contributed by atoms with Gasteiger partial charge in [0, 0.05) is 19.3 Å². The number of esters is 3. The number of allylic oxidation sites excluding steroid dienone is 16. The molecule has 0 rings (SSSR count). The Morgan fingerprint density at radius 2 is 0.537 bits per heavy atom. The van der Waals surface area contributed by atoms with Gasteiger partial charge in [-0.05, 0) is 128 Å². The van der Waals surface area contributed by atoms with E-state index in [2.05, 4.69) is 118 Å². The van der Waals surface area contributed by atoms with Crippen molar-refractivity contribution in [3.63, 3.8) is 0 Å². The molecule has 0 bridgehead atoms. The van der Waals surface area contributed by atoms with Crippen molar-refractivity contribution < 1.29 is 28.6 Å². The van der Waals surface area contributed by atoms with Crippen LogP contribution in [0.15, 0.2) is 97.2 Å². The Balaban J connectivity index is 4.51. The average Bonchev–Trinajstić information content (AvgIpc) is 3.33. The molecule has 0 aromatic heterocycles. The zero-order valence-corrected chi connectivity index (χ0v) is 43.6. The standard InChI is InChI=1S/C61H102O6/c1-4-7-10-13-16-19-22-25-28-30-33-36-39-42-45-48-51-54-60(63)66-57-58(56-65-59(62)53-50-47-44-41-38-35-32-27-24-21-18-15-12-9-6-3)67-61(64)55-52-49-46-43-40-37-34-31-29-26-23-20-17-14-11-8-5-2/h16-21,25-29,32-33,36,38,41,58H,4-15,22-24,30-31,34-35,37,39-40,42-57H2,1-3H3/b19-16-,20-17-,21-18-,28-25-,29-26-,32-27-,36-33-,41-38-/t58-/m0/s1. The summed E-state index contributed by atoms with van der Waals surface area (Å²) in [5.74, 6) is -0.972. The fourth-order valence-corrected chi connectivity index (χ4v) is 7.31. The van der Waals surface area contributed by atoms with E-state index in [0.717, 1.165) is 109 Å². The van der Waals surface area contributed by atoms with Crippen molar-refractivity contribution in [2.45, 2.75) is 258 Å². The van der Waals surface area contributed by atoms with E-state index in [1.54, 1.807) is 0 Å². The maximum Gasteiger partial charge on any atom is 0.306 e. The van der Waals surface area contributed by atoms with E-state index in [-0.39, 0.29) is 31.1 Å². The summed E-state index contributed by atoms with van der Waals surface area (Å²) in [5.41, 5.74) is 0. The lowest BCUT2D eigenvalue weighted by Crippen LogP contribution is -2.30. The third kappa shape index (κ3) is 53.2. The SMILES string of the molecule is CCCCC/C=C\C/C=C\C/C=C\CCCCCCC(=O)OC[C@H](COC(=O)CCCC/C=C\C/C=C\C/C=C\CCCCC)OC(=O)CCCCCCCCC/C=C\C/C=C\CCCCC. The molecule has 0 saturated carbocycles. The third-order valence-corrected chi connectivity index (χ3v) is 11.5. The fourth-order valence-electron chi connectivity index (χ4n) is 7.31. The Kier molecular flexibility index (Phi) is 51.9. The van der Waals surface area contributed by atoms with Gasteiger partial charge >= 0.3 is 17.9 Å². The summed E-state index contributed by atoms with van der Waals surface area (Å²) in [6.45, 7) is 6.50. The average molecular weight is 931 g/mol. The van der Waals surface area contributed by atoms with Gasteiger partial charge < -0.3 is 14.2 Å². The van der Waals surface area contributed by atoms with E-state index >= 15 is 0 Å². The predicted octanol–water partition coefficient (Wildman–Crippen LogP) is 18.5. The molecule has 0 aromatic carbocycles. The van der Waals surface area contributed by atoms with Crippen LogP contribution in [0.5, 0.6) is 0 Å². The van der Waals surface area contributed by atoms with Crippen LogP contribution in [0.3, 0.4) is 0 Å². The van der Waals surface area contributed by atoms with Gasteiger partial charge in [0.1, 0.15) is 13.2 Å². The topological polar surface area (TPSA) is 78.9 Å². The van der Waals surface area contributed by atoms with E-state index in [1.807, 2.05) is 0 Å². The number of ether oxygens (including phenoxy) is 3. The normalized spacial score (nSPS) is 12.8. The van der Waals surface area contributed by atoms with Crippen LogP contribution in [0.4, 0.5) is 0 Å². The number of rotatable bonds is 49. The minimum Gasteiger partial charge on any atom is -0.462 e. The maximum absolute atomic E-state index is 12.8. The van der Waals surface area contributed by atoms with Crippen LogP contribution in [0.25, 0.3) is 0 Å². The molecule has 6 nitrogen and oxygen atoms in total. The van der Waals surface area contributed by atoms with Crippen molar-refractivity contribution in [2.75, 3.05) is 13.2 Å². The smallest absolute Gasteiger partial charge is 0.306 e. The molecule has 0 amide bonds. The number of unbranched alkanes of at least 4 members (excludes halogenated alkanes) is 22. The summed E-state index contributed by atoms with van der Waals surface area (Å²) in [6, 6.07) is 0. The molecule has 0 heterocycles. The first-order chi connectivity index (χ1) is 33.0. The molecule has 382 valence electrons. The highest BCUT2D eigenvalue weighted by atomic mass is 16.6. The first-order valence-electron chi connectivity index (χ1n) is 27.7. The second kappa shape index (κ2) is 54.9. The van der Waals surface area contributed by atoms with Gasteiger partial charge in [0.2, 0.25) is 0 Å². The summed E-state index contributed by atoms with van der Waals surface area (Å²) in [7, 11) is 0. The molecule has 0 aliphatic rings. The molecular formula is C61H102O6. The highest BCUT2D eigenvalue weighted by Gasteiger charge is 2.19. The summed E-state index contributed by atoms with van der Waals surface area (Å²) in [6.07, 6.45) is 72.4. The predicted molar refractivity (Wildman–Crippen MR) is 288 cm³/mol. The van der Waals surface area contributed by atoms with E-state index in [0.29, 0.717) is 19.3 Å². The van der Waals surface area contributed by atoms with Gasteiger partial charge in [-0.15, -0.1) is 0 Å². The molecule has 0 unspecified atom stereocenters. The van der Waals surface area contributed by atoms with Gasteiger partial charge in [0.15, 0.2) is 6.10 Å². The van der Waals surface area contributed by atoms with Crippen LogP contribution >= 0.6 is 0 Å². The number of hydrogen-bond acceptors (Lipinski definition) is 6. The molecule has 67 heavy (non-hydrogen) atoms. The van der Waals surface area contributed by atoms with Crippen LogP contribution in [0.1, 0.15) is 252 Å². The highest BCUT2D eigenvalue weighted by molar-refractivity contribution is 5.71. The molecule has 0 spiro atoms. The number of carbonyl (C=O) groups is 3. The quantitative estimate of drug-likeness (QED) is 0.0262. The van der Waals surface area contributed by atoms with Crippen LogP contribution in [0, 0.1) is 0 Å². The van der Waals surface area contributed by atoms with Crippen LogP contribution < -0.4 is 0 Å². The zero-order valence-electron chi connectivity index (χ0n) is 43.6. The van der Waals surface area contributed by atoms with E-state index in [4.69, 9.17) is 14.2 Å². The molecule has 0 aromatic rings. The molecule has 0 aliphatic carbocycles. The van der Waals surface area contributed by atoms with E-state index < -0.39 is 6.10 Å². The third-order valence-electron chi connectivity index (χ3n) is 11.5. The van der Waals surface area contributed by atoms with Crippen molar-refractivity contribution in [1.29, 1.82) is 0 Å². The van der Waals surface area contributed by atoms with E-state index in [1.165, 1.54) is 103 Å². The van der Waals surface area contributed by atoms with Gasteiger partial charge in [-0.25, -0.2) is 0 Å². The van der Waals surface area contributed by atoms with Crippen molar-refractivity contribution in [3.05, 3.63) is 97.2 Å². The number of hydrogen-bond donors (Lipinski definition) is 0. The summed E-state index contributed by atoms with van der Waals surface area (Å²) < 4.78 is 16.8. The highest BCUT2D eigenvalue weighted by Crippen LogP contribution is 2.13. The fraction of sp³-hybridized carbons (Fsp3) is 0.689. The molecule has 0 fully saturated rings. The minimum absolute atomic E-state index is 0.105. The molecule has 0 aliphatic heterocycles. The summed E-state index contributed by atoms with van der Waals surface area (Å²) in [4.78, 5) is 38.1. The van der Waals surface area contributed by atoms with Crippen molar-refractivity contribution in [2.24, 2.45) is 0 Å². The summed E-state index contributed by atoms with van der Waals surface area (Å²) >= 11 is 0. The lowest BCUT2D eigenvalue weighted by molar-refractivity contribution is -0.167. The first-order valence-corrected chi connectivity index (χ1v) is 27.7. The van der Waals surface area contributed by atoms with Crippen LogP contribution in [-0.2, 0) is 28.6 Å². The Hall–Kier alpha value is -3.67. The molecule has 0 N–H and O–H groups in total. The van der Waals surface area contributed by atoms with Crippen molar-refractivity contribution >= 4 is 17.9 Å². The monoisotopic (exact) mass is 931 g/mol. The molecule has 1 atom stereocenters. The molecular weight excluding hydrogens is 829 g/mol. The first kappa shape index (κ1) is 63.3. The summed E-state index contributed by atoms with van der Waals surface area (Å²) in [5, 5.41) is 0. The van der Waals surface area contributed by atoms with Gasteiger partial charge in [0.25, 0.3) is 0 Å². The second-order valence-electron chi connectivity index (χ2n) is 18.1. The Bertz CT molecular complexity index is 1350. The lowest BCUT2D eigenvalue weighted by atomic mass is 10.1. The van der Waals surface area contributed by atoms with Gasteiger partial charge in [0.05, 0.1) is 0 Å². The van der Waals surface area contributed by atoms with Crippen molar-refractivity contribution in [3.8, 4) is 0 Å². The van der Waals surface area contributed by atoms with Crippen LogP contribution in [0.2, 0.25) is 0 Å². The Labute approximate surface area is 413 Å². The Morgan fingerprint density at radius 1 is 0.299 bits per heavy atom. The second-order valence-corrected chi connectivity index (χ2v) is 18.1. The van der Waals surface area contributed by atoms with Crippen LogP contribution in [-0.4, -0.2) is 37.2 Å². The lowest BCUT2D eigenvalue weighted by Gasteiger charge is -2.18. The van der Waals surface area contributed by atoms with Gasteiger partial charge in [-0.3, -0.25) is 14.4 Å². The number of carbonyl (C=O) groups excluding carboxylic acids is 3. The largest absolute Gasteiger partial charge is 0.462 e. The zero-order chi connectivity index (χ0) is 48.6. The molecule has 0 saturated heterocycles. The van der Waals surface area contributed by atoms with Crippen molar-refractivity contribution in [1.82, 2.24) is 0 Å². The Morgan fingerprint density at radius 3 is 0.866 bits per heavy atom. The van der Waals surface area contributed by atoms with Gasteiger partial charge in [-0.2, -0.15) is 0 Å². The van der Waals surface area contributed by atoms with E-state index in [9.17, 15) is 14.4 Å². The molecule has 0 radical (unpaired) electrons.